The van der Waals surface area contributed by atoms with Crippen LogP contribution < -0.4 is 5.43 Å². The maximum atomic E-state index is 13.1. The number of esters is 1. The van der Waals surface area contributed by atoms with Crippen LogP contribution in [0, 0.1) is 6.92 Å². The number of carbonyl (C=O) groups excluding carboxylic acids is 1. The summed E-state index contributed by atoms with van der Waals surface area (Å²) < 4.78 is 6.69. The highest BCUT2D eigenvalue weighted by Gasteiger charge is 2.21. The van der Waals surface area contributed by atoms with Gasteiger partial charge in [0.1, 0.15) is 5.69 Å². The molecule has 0 N–H and O–H groups in total. The minimum absolute atomic E-state index is 0.153. The maximum Gasteiger partial charge on any atom is 0.356 e. The molecule has 0 atom stereocenters. The van der Waals surface area contributed by atoms with Gasteiger partial charge in [0, 0.05) is 5.56 Å². The summed E-state index contributed by atoms with van der Waals surface area (Å²) in [5.74, 6) is -0.514. The highest BCUT2D eigenvalue weighted by molar-refractivity contribution is 9.08. The molecule has 0 aliphatic carbocycles. The fourth-order valence-corrected chi connectivity index (χ4v) is 4.11. The molecule has 0 aliphatic rings. The van der Waals surface area contributed by atoms with Crippen LogP contribution >= 0.6 is 16.1 Å². The number of fused-ring (bicyclic) bond motifs is 4. The quantitative estimate of drug-likeness (QED) is 0.267. The lowest BCUT2D eigenvalue weighted by Crippen LogP contribution is -2.20. The minimum atomic E-state index is -0.514. The van der Waals surface area contributed by atoms with Gasteiger partial charge in [-0.2, -0.15) is 0 Å². The van der Waals surface area contributed by atoms with Gasteiger partial charge in [0.2, 0.25) is 0 Å². The molecule has 1 aromatic heterocycles. The molecular weight excluding hydrogens is 394 g/mol. The number of halogens is 1. The number of pyridine rings is 1. The van der Waals surface area contributed by atoms with Crippen molar-refractivity contribution >= 4 is 54.6 Å². The van der Waals surface area contributed by atoms with Crippen molar-refractivity contribution in [3.8, 4) is 0 Å². The summed E-state index contributed by atoms with van der Waals surface area (Å²) in [5.41, 5.74) is 1.09. The molecule has 0 fully saturated rings. The van der Waals surface area contributed by atoms with E-state index in [9.17, 15) is 9.59 Å². The van der Waals surface area contributed by atoms with Crippen molar-refractivity contribution in [3.63, 3.8) is 0 Å². The molecule has 0 bridgehead atoms. The van der Waals surface area contributed by atoms with E-state index in [2.05, 4.69) is 28.3 Å². The smallest absolute Gasteiger partial charge is 0.356 e. The van der Waals surface area contributed by atoms with Gasteiger partial charge in [-0.3, -0.25) is 8.39 Å². The average Bonchev–Trinajstić information content (AvgIpc) is 2.64. The standard InChI is InChI=1S/C21H16BrNO3/c1-3-26-21(25)19-12(2)20(24)18-16-11-14-7-5-4-6-13(14)10-15(16)8-9-17(18)23(19)22/h4-11H,3H2,1-2H3. The van der Waals surface area contributed by atoms with Crippen molar-refractivity contribution in [1.82, 2.24) is 3.59 Å². The molecule has 0 unspecified atom stereocenters. The lowest BCUT2D eigenvalue weighted by Gasteiger charge is -2.14. The van der Waals surface area contributed by atoms with Crippen LogP contribution in [0.2, 0.25) is 0 Å². The van der Waals surface area contributed by atoms with Gasteiger partial charge < -0.3 is 4.74 Å². The average molecular weight is 410 g/mol. The number of benzene rings is 3. The zero-order valence-electron chi connectivity index (χ0n) is 14.4. The number of nitrogens with zero attached hydrogens (tertiary/aromatic N) is 1. The molecule has 0 saturated heterocycles. The Balaban J connectivity index is 2.16. The maximum absolute atomic E-state index is 13.1. The van der Waals surface area contributed by atoms with Gasteiger partial charge in [0.05, 0.1) is 33.7 Å². The molecule has 3 aromatic carbocycles. The molecular formula is C21H16BrNO3. The number of ether oxygens (including phenoxy) is 1. The van der Waals surface area contributed by atoms with E-state index in [1.54, 1.807) is 17.4 Å². The Bertz CT molecular complexity index is 1260. The van der Waals surface area contributed by atoms with Gasteiger partial charge >= 0.3 is 5.97 Å². The van der Waals surface area contributed by atoms with Crippen molar-refractivity contribution in [1.29, 1.82) is 0 Å². The minimum Gasteiger partial charge on any atom is -0.461 e. The Morgan fingerprint density at radius 3 is 2.46 bits per heavy atom. The Hall–Kier alpha value is -2.66. The predicted octanol–water partition coefficient (Wildman–Crippen LogP) is 4.95. The van der Waals surface area contributed by atoms with Crippen LogP contribution in [0.25, 0.3) is 32.4 Å². The molecule has 5 heteroatoms. The fourth-order valence-electron chi connectivity index (χ4n) is 3.40. The number of rotatable bonds is 2. The summed E-state index contributed by atoms with van der Waals surface area (Å²) >= 11 is 3.45. The second-order valence-corrected chi connectivity index (χ2v) is 6.89. The third kappa shape index (κ3) is 2.42. The largest absolute Gasteiger partial charge is 0.461 e. The van der Waals surface area contributed by atoms with Gasteiger partial charge in [-0.15, -0.1) is 0 Å². The second kappa shape index (κ2) is 6.25. The summed E-state index contributed by atoms with van der Waals surface area (Å²) in [6.07, 6.45) is 0. The van der Waals surface area contributed by atoms with Crippen LogP contribution in [-0.2, 0) is 4.74 Å². The third-order valence-electron chi connectivity index (χ3n) is 4.66. The molecule has 0 saturated carbocycles. The van der Waals surface area contributed by atoms with E-state index >= 15 is 0 Å². The fraction of sp³-hybridized carbons (Fsp3) is 0.143. The van der Waals surface area contributed by atoms with Crippen LogP contribution in [0.15, 0.2) is 53.3 Å². The topological polar surface area (TPSA) is 48.3 Å². The lowest BCUT2D eigenvalue weighted by molar-refractivity contribution is 0.0518. The van der Waals surface area contributed by atoms with Crippen molar-refractivity contribution in [2.24, 2.45) is 0 Å². The third-order valence-corrected chi connectivity index (χ3v) is 5.40. The van der Waals surface area contributed by atoms with E-state index in [0.717, 1.165) is 21.5 Å². The summed E-state index contributed by atoms with van der Waals surface area (Å²) in [6.45, 7) is 3.65. The van der Waals surface area contributed by atoms with Crippen molar-refractivity contribution in [2.75, 3.05) is 6.61 Å². The van der Waals surface area contributed by atoms with Gasteiger partial charge in [-0.1, -0.05) is 30.3 Å². The highest BCUT2D eigenvalue weighted by atomic mass is 79.9. The predicted molar refractivity (Wildman–Crippen MR) is 108 cm³/mol. The SMILES string of the molecule is CCOC(=O)c1c(C)c(=O)c2c3cc4ccccc4cc3ccc2n1Br. The van der Waals surface area contributed by atoms with Crippen molar-refractivity contribution in [3.05, 3.63) is 70.0 Å². The summed E-state index contributed by atoms with van der Waals surface area (Å²) in [5, 5.41) is 4.65. The first-order valence-corrected chi connectivity index (χ1v) is 9.08. The molecule has 130 valence electrons. The Kier molecular flexibility index (Phi) is 4.04. The molecule has 4 nitrogen and oxygen atoms in total. The molecule has 4 aromatic rings. The summed E-state index contributed by atoms with van der Waals surface area (Å²) in [6, 6.07) is 16.0. The number of carbonyl (C=O) groups is 1. The lowest BCUT2D eigenvalue weighted by atomic mass is 9.98. The van der Waals surface area contributed by atoms with Crippen LogP contribution in [0.3, 0.4) is 0 Å². The van der Waals surface area contributed by atoms with E-state index in [1.807, 2.05) is 36.4 Å². The molecule has 0 amide bonds. The van der Waals surface area contributed by atoms with Gasteiger partial charge in [-0.05, 0) is 53.6 Å². The van der Waals surface area contributed by atoms with Gasteiger partial charge in [-0.25, -0.2) is 4.79 Å². The van der Waals surface area contributed by atoms with Crippen LogP contribution in [0.5, 0.6) is 0 Å². The Labute approximate surface area is 158 Å². The van der Waals surface area contributed by atoms with E-state index in [0.29, 0.717) is 16.5 Å². The first-order valence-electron chi connectivity index (χ1n) is 8.37. The van der Waals surface area contributed by atoms with E-state index in [4.69, 9.17) is 4.74 Å². The first kappa shape index (κ1) is 16.8. The van der Waals surface area contributed by atoms with Crippen LogP contribution in [0.4, 0.5) is 0 Å². The molecule has 0 radical (unpaired) electrons. The van der Waals surface area contributed by atoms with Crippen molar-refractivity contribution in [2.45, 2.75) is 13.8 Å². The Morgan fingerprint density at radius 2 is 1.77 bits per heavy atom. The zero-order chi connectivity index (χ0) is 18.4. The van der Waals surface area contributed by atoms with E-state index in [1.165, 1.54) is 0 Å². The van der Waals surface area contributed by atoms with E-state index in [-0.39, 0.29) is 17.7 Å². The van der Waals surface area contributed by atoms with Crippen LogP contribution in [-0.4, -0.2) is 16.2 Å². The highest BCUT2D eigenvalue weighted by Crippen LogP contribution is 2.30. The molecule has 4 rings (SSSR count). The zero-order valence-corrected chi connectivity index (χ0v) is 16.0. The number of hydrogen-bond donors (Lipinski definition) is 0. The number of aromatic nitrogens is 1. The van der Waals surface area contributed by atoms with Crippen LogP contribution in [0.1, 0.15) is 23.0 Å². The number of hydrogen-bond acceptors (Lipinski definition) is 3. The molecule has 0 spiro atoms. The second-order valence-electron chi connectivity index (χ2n) is 6.18. The monoisotopic (exact) mass is 409 g/mol. The normalized spacial score (nSPS) is 11.3. The van der Waals surface area contributed by atoms with Gasteiger partial charge in [0.15, 0.2) is 5.43 Å². The molecule has 26 heavy (non-hydrogen) atoms. The van der Waals surface area contributed by atoms with E-state index < -0.39 is 5.97 Å². The molecule has 1 heterocycles. The van der Waals surface area contributed by atoms with Crippen molar-refractivity contribution < 1.29 is 9.53 Å². The summed E-state index contributed by atoms with van der Waals surface area (Å²) in [4.78, 5) is 25.4. The Morgan fingerprint density at radius 1 is 1.08 bits per heavy atom. The van der Waals surface area contributed by atoms with Gasteiger partial charge in [0.25, 0.3) is 0 Å². The summed E-state index contributed by atoms with van der Waals surface area (Å²) in [7, 11) is 0. The first-order chi connectivity index (χ1) is 12.5. The molecule has 0 aliphatic heterocycles.